The lowest BCUT2D eigenvalue weighted by molar-refractivity contribution is 0.0944. The van der Waals surface area contributed by atoms with Gasteiger partial charge in [-0.15, -0.1) is 0 Å². The molecule has 3 N–H and O–H groups in total. The van der Waals surface area contributed by atoms with Crippen molar-refractivity contribution in [1.82, 2.24) is 14.9 Å². The van der Waals surface area contributed by atoms with Crippen molar-refractivity contribution in [2.75, 3.05) is 19.7 Å². The summed E-state index contributed by atoms with van der Waals surface area (Å²) < 4.78 is 1.94. The monoisotopic (exact) mass is 185 g/mol. The van der Waals surface area contributed by atoms with Crippen LogP contribution in [0.2, 0.25) is 0 Å². The fraction of sp³-hybridized carbons (Fsp3) is 0.625. The van der Waals surface area contributed by atoms with Crippen molar-refractivity contribution >= 4 is 0 Å². The molecule has 0 radical (unpaired) electrons. The highest BCUT2D eigenvalue weighted by Gasteiger charge is 1.99. The maximum atomic E-state index is 8.98. The Morgan fingerprint density at radius 2 is 2.38 bits per heavy atom. The van der Waals surface area contributed by atoms with Crippen LogP contribution in [0, 0.1) is 0 Å². The third-order valence-corrected chi connectivity index (χ3v) is 1.70. The highest BCUT2D eigenvalue weighted by atomic mass is 16.3. The number of rotatable bonds is 6. The summed E-state index contributed by atoms with van der Waals surface area (Å²) in [6, 6.07) is 0. The normalized spacial score (nSPS) is 13.1. The first-order valence-corrected chi connectivity index (χ1v) is 4.28. The highest BCUT2D eigenvalue weighted by Crippen LogP contribution is 1.84. The summed E-state index contributed by atoms with van der Waals surface area (Å²) >= 11 is 0. The van der Waals surface area contributed by atoms with E-state index in [1.54, 1.807) is 12.5 Å². The standard InChI is InChI=1S/C8H15N3O2/c12-6-8(13)5-9-1-3-11-4-2-10-7-11/h2,4,7-9,12-13H,1,3,5-6H2/t8-/m0/s1. The summed E-state index contributed by atoms with van der Waals surface area (Å²) in [5.74, 6) is 0. The summed E-state index contributed by atoms with van der Waals surface area (Å²) in [5.41, 5.74) is 0. The van der Waals surface area contributed by atoms with Gasteiger partial charge in [-0.05, 0) is 0 Å². The number of aromatic nitrogens is 2. The average molecular weight is 185 g/mol. The molecule has 74 valence electrons. The minimum Gasteiger partial charge on any atom is -0.394 e. The third kappa shape index (κ3) is 4.02. The van der Waals surface area contributed by atoms with Crippen molar-refractivity contribution in [1.29, 1.82) is 0 Å². The van der Waals surface area contributed by atoms with E-state index in [0.29, 0.717) is 6.54 Å². The Morgan fingerprint density at radius 3 is 3.00 bits per heavy atom. The van der Waals surface area contributed by atoms with Crippen LogP contribution < -0.4 is 5.32 Å². The number of nitrogens with zero attached hydrogens (tertiary/aromatic N) is 2. The van der Waals surface area contributed by atoms with Crippen LogP contribution in [0.3, 0.4) is 0 Å². The van der Waals surface area contributed by atoms with Gasteiger partial charge in [0.1, 0.15) is 0 Å². The summed E-state index contributed by atoms with van der Waals surface area (Å²) in [5, 5.41) is 20.5. The molecular formula is C8H15N3O2. The molecule has 1 rings (SSSR count). The van der Waals surface area contributed by atoms with Gasteiger partial charge in [-0.25, -0.2) is 4.98 Å². The molecule has 0 saturated heterocycles. The van der Waals surface area contributed by atoms with E-state index >= 15 is 0 Å². The molecule has 0 aromatic carbocycles. The number of aliphatic hydroxyl groups is 2. The maximum absolute atomic E-state index is 8.98. The Labute approximate surface area is 77.0 Å². The molecule has 1 aromatic heterocycles. The van der Waals surface area contributed by atoms with Crippen molar-refractivity contribution < 1.29 is 10.2 Å². The van der Waals surface area contributed by atoms with E-state index in [4.69, 9.17) is 10.2 Å². The molecule has 5 heteroatoms. The van der Waals surface area contributed by atoms with Gasteiger partial charge < -0.3 is 20.1 Å². The van der Waals surface area contributed by atoms with Crippen molar-refractivity contribution in [2.24, 2.45) is 0 Å². The Kier molecular flexibility index (Phi) is 4.45. The molecule has 0 saturated carbocycles. The molecule has 0 aliphatic carbocycles. The van der Waals surface area contributed by atoms with Crippen molar-refractivity contribution in [3.8, 4) is 0 Å². The van der Waals surface area contributed by atoms with Crippen molar-refractivity contribution in [2.45, 2.75) is 12.6 Å². The van der Waals surface area contributed by atoms with Crippen LogP contribution >= 0.6 is 0 Å². The predicted molar refractivity (Wildman–Crippen MR) is 48.2 cm³/mol. The number of hydrogen-bond donors (Lipinski definition) is 3. The van der Waals surface area contributed by atoms with E-state index in [0.717, 1.165) is 13.1 Å². The molecule has 0 bridgehead atoms. The molecule has 5 nitrogen and oxygen atoms in total. The van der Waals surface area contributed by atoms with E-state index < -0.39 is 6.10 Å². The second kappa shape index (κ2) is 5.69. The summed E-state index contributed by atoms with van der Waals surface area (Å²) in [6.07, 6.45) is 4.68. The molecular weight excluding hydrogens is 170 g/mol. The minimum atomic E-state index is -0.664. The van der Waals surface area contributed by atoms with Crippen LogP contribution in [0.25, 0.3) is 0 Å². The van der Waals surface area contributed by atoms with Crippen LogP contribution in [0.15, 0.2) is 18.7 Å². The summed E-state index contributed by atoms with van der Waals surface area (Å²) in [6.45, 7) is 1.80. The van der Waals surface area contributed by atoms with E-state index in [-0.39, 0.29) is 6.61 Å². The van der Waals surface area contributed by atoms with E-state index in [1.165, 1.54) is 0 Å². The van der Waals surface area contributed by atoms with Gasteiger partial charge in [0.2, 0.25) is 0 Å². The minimum absolute atomic E-state index is 0.196. The van der Waals surface area contributed by atoms with Gasteiger partial charge in [-0.1, -0.05) is 0 Å². The molecule has 0 fully saturated rings. The van der Waals surface area contributed by atoms with Gasteiger partial charge in [-0.2, -0.15) is 0 Å². The first kappa shape index (κ1) is 10.2. The SMILES string of the molecule is OC[C@@H](O)CNCCn1ccnc1. The third-order valence-electron chi connectivity index (χ3n) is 1.70. The molecule has 0 aliphatic rings. The van der Waals surface area contributed by atoms with Crippen LogP contribution in [0.5, 0.6) is 0 Å². The number of aliphatic hydroxyl groups excluding tert-OH is 2. The number of imidazole rings is 1. The first-order valence-electron chi connectivity index (χ1n) is 4.28. The van der Waals surface area contributed by atoms with E-state index in [9.17, 15) is 0 Å². The van der Waals surface area contributed by atoms with Crippen molar-refractivity contribution in [3.63, 3.8) is 0 Å². The van der Waals surface area contributed by atoms with Crippen LogP contribution in [-0.2, 0) is 6.54 Å². The maximum Gasteiger partial charge on any atom is 0.0946 e. The lowest BCUT2D eigenvalue weighted by atomic mass is 10.4. The first-order chi connectivity index (χ1) is 6.33. The van der Waals surface area contributed by atoms with Gasteiger partial charge >= 0.3 is 0 Å². The predicted octanol–water partition coefficient (Wildman–Crippen LogP) is -1.17. The van der Waals surface area contributed by atoms with Gasteiger partial charge in [0.25, 0.3) is 0 Å². The Balaban J connectivity index is 2.02. The Hall–Kier alpha value is -0.910. The highest BCUT2D eigenvalue weighted by molar-refractivity contribution is 4.74. The molecule has 13 heavy (non-hydrogen) atoms. The zero-order valence-electron chi connectivity index (χ0n) is 7.43. The van der Waals surface area contributed by atoms with Gasteiger partial charge in [0.15, 0.2) is 0 Å². The van der Waals surface area contributed by atoms with Crippen molar-refractivity contribution in [3.05, 3.63) is 18.7 Å². The molecule has 0 spiro atoms. The van der Waals surface area contributed by atoms with Gasteiger partial charge in [-0.3, -0.25) is 0 Å². The fourth-order valence-electron chi connectivity index (χ4n) is 0.960. The lowest BCUT2D eigenvalue weighted by Crippen LogP contribution is -2.31. The largest absolute Gasteiger partial charge is 0.394 e. The molecule has 1 atom stereocenters. The Morgan fingerprint density at radius 1 is 1.54 bits per heavy atom. The van der Waals surface area contributed by atoms with E-state index in [1.807, 2.05) is 10.8 Å². The number of hydrogen-bond acceptors (Lipinski definition) is 4. The zero-order valence-corrected chi connectivity index (χ0v) is 7.43. The summed E-state index contributed by atoms with van der Waals surface area (Å²) in [7, 11) is 0. The number of nitrogens with one attached hydrogen (secondary N) is 1. The molecule has 0 unspecified atom stereocenters. The summed E-state index contributed by atoms with van der Waals surface area (Å²) in [4.78, 5) is 3.90. The molecule has 1 heterocycles. The lowest BCUT2D eigenvalue weighted by Gasteiger charge is -2.08. The quantitative estimate of drug-likeness (QED) is 0.488. The second-order valence-electron chi connectivity index (χ2n) is 2.84. The topological polar surface area (TPSA) is 70.3 Å². The fourth-order valence-corrected chi connectivity index (χ4v) is 0.960. The van der Waals surface area contributed by atoms with Gasteiger partial charge in [0, 0.05) is 32.0 Å². The smallest absolute Gasteiger partial charge is 0.0946 e. The second-order valence-corrected chi connectivity index (χ2v) is 2.84. The molecule has 0 aliphatic heterocycles. The Bertz CT molecular complexity index is 213. The van der Waals surface area contributed by atoms with Crippen LogP contribution in [0.4, 0.5) is 0 Å². The van der Waals surface area contributed by atoms with Crippen LogP contribution in [-0.4, -0.2) is 45.6 Å². The molecule has 0 amide bonds. The average Bonchev–Trinajstić information content (AvgIpc) is 2.64. The van der Waals surface area contributed by atoms with E-state index in [2.05, 4.69) is 10.3 Å². The zero-order chi connectivity index (χ0) is 9.52. The van der Waals surface area contributed by atoms with Crippen LogP contribution in [0.1, 0.15) is 0 Å². The molecule has 1 aromatic rings. The van der Waals surface area contributed by atoms with Gasteiger partial charge in [0.05, 0.1) is 19.0 Å².